The molecule has 0 amide bonds. The summed E-state index contributed by atoms with van der Waals surface area (Å²) in [5.41, 5.74) is 2.26. The highest BCUT2D eigenvalue weighted by Crippen LogP contribution is 2.24. The number of sulfone groups is 1. The molecule has 1 atom stereocenters. The molecule has 0 aromatic carbocycles. The van der Waals surface area contributed by atoms with Crippen molar-refractivity contribution in [1.82, 2.24) is 10.3 Å². The van der Waals surface area contributed by atoms with E-state index in [1.807, 2.05) is 25.1 Å². The third kappa shape index (κ3) is 4.17. The van der Waals surface area contributed by atoms with Crippen molar-refractivity contribution in [3.8, 4) is 0 Å². The Morgan fingerprint density at radius 1 is 1.48 bits per heavy atom. The van der Waals surface area contributed by atoms with Gasteiger partial charge in [-0.2, -0.15) is 0 Å². The zero-order valence-corrected chi connectivity index (χ0v) is 13.9. The third-order valence-corrected chi connectivity index (χ3v) is 5.70. The van der Waals surface area contributed by atoms with Crippen LogP contribution in [0.15, 0.2) is 12.3 Å². The van der Waals surface area contributed by atoms with Crippen molar-refractivity contribution in [2.24, 2.45) is 0 Å². The number of nitrogens with zero attached hydrogens (tertiary/aromatic N) is 2. The summed E-state index contributed by atoms with van der Waals surface area (Å²) in [6, 6.07) is 2.18. The summed E-state index contributed by atoms with van der Waals surface area (Å²) in [5.74, 6) is 1.42. The van der Waals surface area contributed by atoms with Gasteiger partial charge >= 0.3 is 0 Å². The van der Waals surface area contributed by atoms with Gasteiger partial charge in [0.15, 0.2) is 9.84 Å². The SMILES string of the molecule is CCCNCc1cnc(N(C)C2CCS(=O)(=O)C2)c(C)c1. The summed E-state index contributed by atoms with van der Waals surface area (Å²) in [4.78, 5) is 6.56. The summed E-state index contributed by atoms with van der Waals surface area (Å²) >= 11 is 0. The van der Waals surface area contributed by atoms with E-state index in [1.54, 1.807) is 0 Å². The molecule has 1 unspecified atom stereocenters. The molecule has 0 aliphatic carbocycles. The molecular weight excluding hydrogens is 286 g/mol. The third-order valence-electron chi connectivity index (χ3n) is 3.95. The van der Waals surface area contributed by atoms with Gasteiger partial charge in [0.2, 0.25) is 0 Å². The second-order valence-corrected chi connectivity index (χ2v) is 8.06. The first-order chi connectivity index (χ1) is 9.93. The van der Waals surface area contributed by atoms with E-state index >= 15 is 0 Å². The van der Waals surface area contributed by atoms with E-state index in [0.29, 0.717) is 12.2 Å². The minimum atomic E-state index is -2.86. The van der Waals surface area contributed by atoms with Gasteiger partial charge in [-0.15, -0.1) is 0 Å². The van der Waals surface area contributed by atoms with Gasteiger partial charge in [0.05, 0.1) is 11.5 Å². The first-order valence-electron chi connectivity index (χ1n) is 7.52. The average Bonchev–Trinajstić information content (AvgIpc) is 2.79. The van der Waals surface area contributed by atoms with Crippen LogP contribution in [-0.2, 0) is 16.4 Å². The Balaban J connectivity index is 2.06. The van der Waals surface area contributed by atoms with Crippen molar-refractivity contribution < 1.29 is 8.42 Å². The van der Waals surface area contributed by atoms with E-state index in [-0.39, 0.29) is 11.8 Å². The molecule has 1 aliphatic rings. The van der Waals surface area contributed by atoms with Crippen LogP contribution in [0.2, 0.25) is 0 Å². The lowest BCUT2D eigenvalue weighted by atomic mass is 10.1. The van der Waals surface area contributed by atoms with E-state index in [0.717, 1.165) is 36.5 Å². The van der Waals surface area contributed by atoms with E-state index in [9.17, 15) is 8.42 Å². The fourth-order valence-electron chi connectivity index (χ4n) is 2.75. The van der Waals surface area contributed by atoms with Crippen molar-refractivity contribution in [2.75, 3.05) is 30.0 Å². The quantitative estimate of drug-likeness (QED) is 0.807. The molecule has 1 aliphatic heterocycles. The van der Waals surface area contributed by atoms with Gasteiger partial charge < -0.3 is 10.2 Å². The number of anilines is 1. The molecule has 1 aromatic rings. The van der Waals surface area contributed by atoms with E-state index < -0.39 is 9.84 Å². The van der Waals surface area contributed by atoms with Crippen molar-refractivity contribution in [3.05, 3.63) is 23.4 Å². The zero-order valence-electron chi connectivity index (χ0n) is 13.1. The molecule has 2 heterocycles. The number of aryl methyl sites for hydroxylation is 1. The summed E-state index contributed by atoms with van der Waals surface area (Å²) in [5, 5.41) is 3.36. The monoisotopic (exact) mass is 311 g/mol. The Morgan fingerprint density at radius 2 is 2.24 bits per heavy atom. The maximum atomic E-state index is 11.6. The van der Waals surface area contributed by atoms with Crippen LogP contribution >= 0.6 is 0 Å². The Kier molecular flexibility index (Phi) is 5.22. The minimum absolute atomic E-state index is 0.0465. The summed E-state index contributed by atoms with van der Waals surface area (Å²) in [6.45, 7) is 6.00. The van der Waals surface area contributed by atoms with Gasteiger partial charge in [-0.1, -0.05) is 6.92 Å². The van der Waals surface area contributed by atoms with Crippen LogP contribution in [0.25, 0.3) is 0 Å². The summed E-state index contributed by atoms with van der Waals surface area (Å²) in [7, 11) is -0.924. The Bertz CT molecular complexity index is 587. The normalized spacial score (nSPS) is 20.6. The van der Waals surface area contributed by atoms with Crippen molar-refractivity contribution in [3.63, 3.8) is 0 Å². The zero-order chi connectivity index (χ0) is 15.5. The molecule has 0 spiro atoms. The molecular formula is C15H25N3O2S. The fraction of sp³-hybridized carbons (Fsp3) is 0.667. The van der Waals surface area contributed by atoms with Crippen LogP contribution in [0.1, 0.15) is 30.9 Å². The molecule has 118 valence electrons. The van der Waals surface area contributed by atoms with Crippen molar-refractivity contribution in [1.29, 1.82) is 0 Å². The number of rotatable bonds is 6. The molecule has 6 heteroatoms. The summed E-state index contributed by atoms with van der Waals surface area (Å²) in [6.07, 6.45) is 3.69. The van der Waals surface area contributed by atoms with Gasteiger partial charge in [-0.3, -0.25) is 0 Å². The van der Waals surface area contributed by atoms with Crippen LogP contribution in [0.4, 0.5) is 5.82 Å². The lowest BCUT2D eigenvalue weighted by molar-refractivity contribution is 0.600. The van der Waals surface area contributed by atoms with Crippen molar-refractivity contribution in [2.45, 2.75) is 39.3 Å². The van der Waals surface area contributed by atoms with Gasteiger partial charge in [-0.05, 0) is 43.5 Å². The molecule has 1 aromatic heterocycles. The summed E-state index contributed by atoms with van der Waals surface area (Å²) < 4.78 is 23.2. The van der Waals surface area contributed by atoms with E-state index in [4.69, 9.17) is 0 Å². The van der Waals surface area contributed by atoms with E-state index in [2.05, 4.69) is 23.3 Å². The molecule has 0 bridgehead atoms. The second kappa shape index (κ2) is 6.75. The molecule has 5 nitrogen and oxygen atoms in total. The highest BCUT2D eigenvalue weighted by molar-refractivity contribution is 7.91. The molecule has 0 saturated carbocycles. The highest BCUT2D eigenvalue weighted by atomic mass is 32.2. The van der Waals surface area contributed by atoms with Crippen LogP contribution in [0.5, 0.6) is 0 Å². The maximum Gasteiger partial charge on any atom is 0.152 e. The maximum absolute atomic E-state index is 11.6. The fourth-order valence-corrected chi connectivity index (χ4v) is 4.53. The standard InChI is InChI=1S/C15H25N3O2S/c1-4-6-16-9-13-8-12(2)15(17-10-13)18(3)14-5-7-21(19,20)11-14/h8,10,14,16H,4-7,9,11H2,1-3H3. The predicted molar refractivity (Wildman–Crippen MR) is 86.4 cm³/mol. The Labute approximate surface area is 127 Å². The topological polar surface area (TPSA) is 62.3 Å². The number of aromatic nitrogens is 1. The Hall–Kier alpha value is -1.14. The molecule has 1 N–H and O–H groups in total. The lowest BCUT2D eigenvalue weighted by Gasteiger charge is -2.26. The number of pyridine rings is 1. The smallest absolute Gasteiger partial charge is 0.152 e. The molecule has 21 heavy (non-hydrogen) atoms. The van der Waals surface area contributed by atoms with Crippen LogP contribution in [-0.4, -0.2) is 44.5 Å². The van der Waals surface area contributed by atoms with Crippen LogP contribution < -0.4 is 10.2 Å². The first-order valence-corrected chi connectivity index (χ1v) is 9.34. The number of hydrogen-bond donors (Lipinski definition) is 1. The molecule has 1 fully saturated rings. The second-order valence-electron chi connectivity index (χ2n) is 5.83. The highest BCUT2D eigenvalue weighted by Gasteiger charge is 2.31. The average molecular weight is 311 g/mol. The number of nitrogens with one attached hydrogen (secondary N) is 1. The largest absolute Gasteiger partial charge is 0.355 e. The van der Waals surface area contributed by atoms with Gasteiger partial charge in [-0.25, -0.2) is 13.4 Å². The van der Waals surface area contributed by atoms with Crippen LogP contribution in [0, 0.1) is 6.92 Å². The van der Waals surface area contributed by atoms with Crippen molar-refractivity contribution >= 4 is 15.7 Å². The number of hydrogen-bond acceptors (Lipinski definition) is 5. The Morgan fingerprint density at radius 3 is 2.81 bits per heavy atom. The molecule has 0 radical (unpaired) electrons. The van der Waals surface area contributed by atoms with E-state index in [1.165, 1.54) is 0 Å². The van der Waals surface area contributed by atoms with Crippen LogP contribution in [0.3, 0.4) is 0 Å². The van der Waals surface area contributed by atoms with Gasteiger partial charge in [0, 0.05) is 25.8 Å². The minimum Gasteiger partial charge on any atom is -0.355 e. The lowest BCUT2D eigenvalue weighted by Crippen LogP contribution is -2.33. The van der Waals surface area contributed by atoms with Gasteiger partial charge in [0.1, 0.15) is 5.82 Å². The molecule has 1 saturated heterocycles. The first kappa shape index (κ1) is 16.2. The van der Waals surface area contributed by atoms with Gasteiger partial charge in [0.25, 0.3) is 0 Å². The molecule has 2 rings (SSSR count). The predicted octanol–water partition coefficient (Wildman–Crippen LogP) is 1.51.